The molecule has 2 aliphatic heterocycles. The first kappa shape index (κ1) is 46.9. The van der Waals surface area contributed by atoms with Gasteiger partial charge in [0.05, 0.1) is 11.4 Å². The number of esters is 2. The van der Waals surface area contributed by atoms with Crippen molar-refractivity contribution in [3.8, 4) is 11.5 Å². The summed E-state index contributed by atoms with van der Waals surface area (Å²) in [5, 5.41) is 20.9. The summed E-state index contributed by atoms with van der Waals surface area (Å²) in [5.74, 6) is 0.111. The lowest BCUT2D eigenvalue weighted by molar-refractivity contribution is -0.153. The highest BCUT2D eigenvalue weighted by atomic mass is 16.5. The number of benzene rings is 3. The summed E-state index contributed by atoms with van der Waals surface area (Å²) in [7, 11) is 0. The highest BCUT2D eigenvalue weighted by Gasteiger charge is 2.52. The number of hydrogen-bond donors (Lipinski definition) is 2. The van der Waals surface area contributed by atoms with E-state index >= 15 is 0 Å². The molecule has 60 heavy (non-hydrogen) atoms. The van der Waals surface area contributed by atoms with Gasteiger partial charge in [0, 0.05) is 60.7 Å². The highest BCUT2D eigenvalue weighted by molar-refractivity contribution is 5.83. The predicted molar refractivity (Wildman–Crippen MR) is 245 cm³/mol. The van der Waals surface area contributed by atoms with Crippen LogP contribution >= 0.6 is 0 Å². The Labute approximate surface area is 362 Å². The van der Waals surface area contributed by atoms with Crippen molar-refractivity contribution in [2.24, 2.45) is 0 Å². The molecule has 2 fully saturated rings. The van der Waals surface area contributed by atoms with Crippen molar-refractivity contribution in [2.45, 2.75) is 193 Å². The van der Waals surface area contributed by atoms with Crippen LogP contribution in [0.5, 0.6) is 11.5 Å². The maximum Gasteiger partial charge on any atom is 0.306 e. The first-order valence-corrected chi connectivity index (χ1v) is 21.9. The highest BCUT2D eigenvalue weighted by Crippen LogP contribution is 2.53. The monoisotopic (exact) mass is 823 g/mol. The van der Waals surface area contributed by atoms with Gasteiger partial charge in [0.25, 0.3) is 0 Å². The Kier molecular flexibility index (Phi) is 13.0. The number of carbonyl (C=O) groups excluding carboxylic acids is 2. The molecule has 2 radical (unpaired) electrons. The van der Waals surface area contributed by atoms with Crippen LogP contribution in [-0.4, -0.2) is 56.5 Å². The fourth-order valence-electron chi connectivity index (χ4n) is 10.6. The van der Waals surface area contributed by atoms with E-state index in [1.165, 1.54) is 0 Å². The molecule has 3 aromatic carbocycles. The molecule has 2 N–H and O–H groups in total. The van der Waals surface area contributed by atoms with Crippen molar-refractivity contribution >= 4 is 23.3 Å². The summed E-state index contributed by atoms with van der Waals surface area (Å²) < 4.78 is 12.5. The van der Waals surface area contributed by atoms with Gasteiger partial charge in [-0.2, -0.15) is 0 Å². The van der Waals surface area contributed by atoms with Crippen molar-refractivity contribution in [3.63, 3.8) is 0 Å². The minimum atomic E-state index is -0.423. The van der Waals surface area contributed by atoms with Gasteiger partial charge in [-0.1, -0.05) is 77.9 Å². The molecule has 5 rings (SSSR count). The van der Waals surface area contributed by atoms with Crippen LogP contribution in [0.2, 0.25) is 0 Å². The molecule has 0 atom stereocenters. The maximum atomic E-state index is 13.4. The quantitative estimate of drug-likeness (QED) is 0.195. The van der Waals surface area contributed by atoms with Crippen LogP contribution < -0.4 is 9.80 Å². The normalized spacial score (nSPS) is 19.3. The van der Waals surface area contributed by atoms with Crippen LogP contribution in [0.3, 0.4) is 0 Å². The standard InChI is InChI=1S/C52H74N2O6/c1-33-17-18-34(2)46(54-51(13,14)31-38(32-52(54,15)16)60-44(58)26-22-36-20-24-42(56)40(28-36)48(6,7)8)45(33)53-49(9,10)29-37(30-50(53,11)12)59-43(57)25-21-35-19-23-41(55)39(27-35)47(3,4)5/h17-20,23-24,27-28,37-38,55-56H,1-2,21-22,25-26,29-32H2,3-16H3. The Hall–Kier alpha value is -4.20. The van der Waals surface area contributed by atoms with Crippen molar-refractivity contribution in [1.29, 1.82) is 0 Å². The number of piperidine rings is 2. The van der Waals surface area contributed by atoms with Crippen molar-refractivity contribution in [1.82, 2.24) is 0 Å². The van der Waals surface area contributed by atoms with Crippen molar-refractivity contribution in [2.75, 3.05) is 9.80 Å². The number of rotatable bonds is 10. The number of nitrogens with zero attached hydrogens (tertiary/aromatic N) is 2. The largest absolute Gasteiger partial charge is 0.508 e. The molecule has 0 unspecified atom stereocenters. The van der Waals surface area contributed by atoms with Gasteiger partial charge < -0.3 is 29.5 Å². The van der Waals surface area contributed by atoms with Crippen LogP contribution in [0.1, 0.15) is 169 Å². The summed E-state index contributed by atoms with van der Waals surface area (Å²) in [4.78, 5) is 31.8. The molecular formula is C52H74N2O6. The van der Waals surface area contributed by atoms with E-state index in [4.69, 9.17) is 9.47 Å². The third kappa shape index (κ3) is 10.3. The Morgan fingerprint density at radius 3 is 1.17 bits per heavy atom. The van der Waals surface area contributed by atoms with Crippen molar-refractivity contribution in [3.05, 3.63) is 95.8 Å². The molecule has 2 heterocycles. The van der Waals surface area contributed by atoms with E-state index in [1.54, 1.807) is 12.1 Å². The number of anilines is 2. The topological polar surface area (TPSA) is 99.5 Å². The Morgan fingerprint density at radius 1 is 0.583 bits per heavy atom. The molecule has 8 heteroatoms. The van der Waals surface area contributed by atoms with E-state index < -0.39 is 22.2 Å². The number of aromatic hydroxyl groups is 2. The molecule has 328 valence electrons. The van der Waals surface area contributed by atoms with E-state index in [9.17, 15) is 19.8 Å². The van der Waals surface area contributed by atoms with Gasteiger partial charge in [-0.25, -0.2) is 0 Å². The van der Waals surface area contributed by atoms with Crippen LogP contribution in [-0.2, 0) is 42.7 Å². The first-order valence-electron chi connectivity index (χ1n) is 21.9. The molecule has 0 aliphatic carbocycles. The van der Waals surface area contributed by atoms with E-state index in [0.29, 0.717) is 38.5 Å². The van der Waals surface area contributed by atoms with Gasteiger partial charge in [-0.15, -0.1) is 0 Å². The van der Waals surface area contributed by atoms with Gasteiger partial charge in [-0.05, 0) is 138 Å². The summed E-state index contributed by atoms with van der Waals surface area (Å²) >= 11 is 0. The lowest BCUT2D eigenvalue weighted by Gasteiger charge is -2.61. The molecule has 0 spiro atoms. The van der Waals surface area contributed by atoms with Gasteiger partial charge in [0.2, 0.25) is 0 Å². The molecule has 0 amide bonds. The second-order valence-electron chi connectivity index (χ2n) is 22.2. The number of phenols is 2. The zero-order valence-corrected chi connectivity index (χ0v) is 39.3. The summed E-state index contributed by atoms with van der Waals surface area (Å²) in [5.41, 5.74) is 5.50. The lowest BCUT2D eigenvalue weighted by atomic mass is 9.75. The van der Waals surface area contributed by atoms with Crippen LogP contribution in [0.15, 0.2) is 48.5 Å². The Morgan fingerprint density at radius 2 is 0.883 bits per heavy atom. The van der Waals surface area contributed by atoms with Gasteiger partial charge in [0.15, 0.2) is 0 Å². The second kappa shape index (κ2) is 16.6. The molecule has 2 aliphatic rings. The van der Waals surface area contributed by atoms with Crippen LogP contribution in [0, 0.1) is 13.8 Å². The fourth-order valence-corrected chi connectivity index (χ4v) is 10.6. The number of ether oxygens (including phenoxy) is 2. The molecule has 2 saturated heterocycles. The SMILES string of the molecule is [CH2]c1ccc([CH2])c(N2C(C)(C)CC(OC(=O)CCc3ccc(O)c(C(C)(C)C)c3)CC2(C)C)c1N1C(C)(C)CC(OC(=O)CCc2ccc(O)c(C(C)(C)C)c2)CC1(C)C. The fraction of sp³-hybridized carbons (Fsp3) is 0.577. The number of carbonyl (C=O) groups is 2. The van der Waals surface area contributed by atoms with Crippen LogP contribution in [0.4, 0.5) is 11.4 Å². The minimum absolute atomic E-state index is 0.211. The second-order valence-corrected chi connectivity index (χ2v) is 22.2. The average Bonchev–Trinajstić information content (AvgIpc) is 3.07. The van der Waals surface area contributed by atoms with Crippen molar-refractivity contribution < 1.29 is 29.3 Å². The average molecular weight is 823 g/mol. The summed E-state index contributed by atoms with van der Waals surface area (Å²) in [6.07, 6.45) is 3.63. The predicted octanol–water partition coefficient (Wildman–Crippen LogP) is 11.5. The molecule has 0 aromatic heterocycles. The third-order valence-electron chi connectivity index (χ3n) is 12.7. The Balaban J connectivity index is 1.33. The van der Waals surface area contributed by atoms with E-state index in [1.807, 2.05) is 24.3 Å². The van der Waals surface area contributed by atoms with E-state index in [2.05, 4.69) is 133 Å². The molecule has 0 saturated carbocycles. The maximum absolute atomic E-state index is 13.4. The number of phenolic OH excluding ortho intramolecular Hbond substituents is 2. The van der Waals surface area contributed by atoms with Gasteiger partial charge in [0.1, 0.15) is 23.7 Å². The zero-order valence-electron chi connectivity index (χ0n) is 39.3. The Bertz CT molecular complexity index is 1880. The zero-order chi connectivity index (χ0) is 45.0. The smallest absolute Gasteiger partial charge is 0.306 e. The number of hydrogen-bond acceptors (Lipinski definition) is 8. The molecule has 8 nitrogen and oxygen atoms in total. The lowest BCUT2D eigenvalue weighted by Crippen LogP contribution is -2.65. The third-order valence-corrected chi connectivity index (χ3v) is 12.7. The van der Waals surface area contributed by atoms with Gasteiger partial charge >= 0.3 is 11.9 Å². The summed E-state index contributed by atoms with van der Waals surface area (Å²) in [6, 6.07) is 15.3. The molecule has 0 bridgehead atoms. The van der Waals surface area contributed by atoms with Crippen LogP contribution in [0.25, 0.3) is 0 Å². The number of aryl methyl sites for hydroxylation is 2. The molecule has 3 aromatic rings. The molecular weight excluding hydrogens is 749 g/mol. The summed E-state index contributed by atoms with van der Waals surface area (Å²) in [6.45, 7) is 39.4. The van der Waals surface area contributed by atoms with E-state index in [-0.39, 0.29) is 59.3 Å². The van der Waals surface area contributed by atoms with Gasteiger partial charge in [-0.3, -0.25) is 9.59 Å². The minimum Gasteiger partial charge on any atom is -0.508 e. The van der Waals surface area contributed by atoms with E-state index in [0.717, 1.165) is 44.8 Å². The first-order chi connectivity index (χ1) is 27.4.